The second kappa shape index (κ2) is 3.70. The SMILES string of the molecule is Cc1cc2c(N)nc(C3CCCC3)nc2s1. The number of aryl methyl sites for hydroxylation is 1. The summed E-state index contributed by atoms with van der Waals surface area (Å²) < 4.78 is 0. The fourth-order valence-corrected chi connectivity index (χ4v) is 3.34. The number of aromatic nitrogens is 2. The molecule has 3 nitrogen and oxygen atoms in total. The molecule has 84 valence electrons. The number of anilines is 1. The molecule has 0 saturated heterocycles. The summed E-state index contributed by atoms with van der Waals surface area (Å²) >= 11 is 1.71. The van der Waals surface area contributed by atoms with Gasteiger partial charge in [0.15, 0.2) is 0 Å². The van der Waals surface area contributed by atoms with Crippen LogP contribution in [0.3, 0.4) is 0 Å². The summed E-state index contributed by atoms with van der Waals surface area (Å²) in [6.45, 7) is 2.08. The molecule has 2 aromatic heterocycles. The lowest BCUT2D eigenvalue weighted by Gasteiger charge is -2.07. The van der Waals surface area contributed by atoms with E-state index in [0.717, 1.165) is 16.0 Å². The summed E-state index contributed by atoms with van der Waals surface area (Å²) in [6, 6.07) is 2.08. The third kappa shape index (κ3) is 1.57. The van der Waals surface area contributed by atoms with E-state index in [1.54, 1.807) is 11.3 Å². The molecular weight excluding hydrogens is 218 g/mol. The Balaban J connectivity index is 2.12. The smallest absolute Gasteiger partial charge is 0.135 e. The van der Waals surface area contributed by atoms with Crippen LogP contribution in [0.15, 0.2) is 6.07 Å². The van der Waals surface area contributed by atoms with Crippen LogP contribution in [0, 0.1) is 6.92 Å². The summed E-state index contributed by atoms with van der Waals surface area (Å²) in [4.78, 5) is 11.4. The largest absolute Gasteiger partial charge is 0.383 e. The Labute approximate surface area is 98.7 Å². The molecule has 0 amide bonds. The zero-order chi connectivity index (χ0) is 11.1. The minimum atomic E-state index is 0.536. The van der Waals surface area contributed by atoms with Crippen molar-refractivity contribution >= 4 is 27.4 Å². The number of fused-ring (bicyclic) bond motifs is 1. The van der Waals surface area contributed by atoms with Gasteiger partial charge in [0.25, 0.3) is 0 Å². The fourth-order valence-electron chi connectivity index (χ4n) is 2.45. The summed E-state index contributed by atoms with van der Waals surface area (Å²) in [5.74, 6) is 2.15. The number of thiophene rings is 1. The molecule has 16 heavy (non-hydrogen) atoms. The first-order valence-electron chi connectivity index (χ1n) is 5.77. The van der Waals surface area contributed by atoms with E-state index in [9.17, 15) is 0 Å². The summed E-state index contributed by atoms with van der Waals surface area (Å²) in [6.07, 6.45) is 5.04. The van der Waals surface area contributed by atoms with Crippen LogP contribution in [0.25, 0.3) is 10.2 Å². The van der Waals surface area contributed by atoms with E-state index >= 15 is 0 Å². The number of rotatable bonds is 1. The van der Waals surface area contributed by atoms with Crippen molar-refractivity contribution in [3.63, 3.8) is 0 Å². The second-order valence-corrected chi connectivity index (χ2v) is 5.76. The van der Waals surface area contributed by atoms with Gasteiger partial charge < -0.3 is 5.73 Å². The number of hydrogen-bond acceptors (Lipinski definition) is 4. The number of hydrogen-bond donors (Lipinski definition) is 1. The lowest BCUT2D eigenvalue weighted by Crippen LogP contribution is -2.03. The number of nitrogens with zero attached hydrogens (tertiary/aromatic N) is 2. The predicted octanol–water partition coefficient (Wildman–Crippen LogP) is 3.24. The zero-order valence-electron chi connectivity index (χ0n) is 9.36. The van der Waals surface area contributed by atoms with Gasteiger partial charge in [-0.2, -0.15) is 0 Å². The van der Waals surface area contributed by atoms with Gasteiger partial charge in [-0.3, -0.25) is 0 Å². The van der Waals surface area contributed by atoms with Gasteiger partial charge in [-0.15, -0.1) is 11.3 Å². The lowest BCUT2D eigenvalue weighted by molar-refractivity contribution is 0.674. The molecule has 0 radical (unpaired) electrons. The van der Waals surface area contributed by atoms with Crippen molar-refractivity contribution in [2.24, 2.45) is 0 Å². The molecule has 0 unspecified atom stereocenters. The van der Waals surface area contributed by atoms with Gasteiger partial charge in [0, 0.05) is 10.8 Å². The van der Waals surface area contributed by atoms with E-state index in [1.165, 1.54) is 30.6 Å². The van der Waals surface area contributed by atoms with E-state index in [1.807, 2.05) is 0 Å². The summed E-state index contributed by atoms with van der Waals surface area (Å²) in [5, 5.41) is 1.02. The highest BCUT2D eigenvalue weighted by Crippen LogP contribution is 2.35. The maximum absolute atomic E-state index is 5.99. The Bertz CT molecular complexity index is 526. The average molecular weight is 233 g/mol. The first kappa shape index (κ1) is 10.0. The monoisotopic (exact) mass is 233 g/mol. The second-order valence-electron chi connectivity index (χ2n) is 4.52. The molecule has 1 fully saturated rings. The van der Waals surface area contributed by atoms with Crippen LogP contribution in [0.1, 0.15) is 42.3 Å². The molecule has 2 aromatic rings. The van der Waals surface area contributed by atoms with Crippen LogP contribution in [0.5, 0.6) is 0 Å². The minimum absolute atomic E-state index is 0.536. The van der Waals surface area contributed by atoms with Crippen LogP contribution < -0.4 is 5.73 Å². The number of nitrogen functional groups attached to an aromatic ring is 1. The third-order valence-corrected chi connectivity index (χ3v) is 4.23. The topological polar surface area (TPSA) is 51.8 Å². The number of nitrogens with two attached hydrogens (primary N) is 1. The molecular formula is C12H15N3S. The molecule has 1 aliphatic carbocycles. The lowest BCUT2D eigenvalue weighted by atomic mass is 10.1. The van der Waals surface area contributed by atoms with Crippen molar-refractivity contribution in [2.45, 2.75) is 38.5 Å². The highest BCUT2D eigenvalue weighted by molar-refractivity contribution is 7.18. The first-order valence-corrected chi connectivity index (χ1v) is 6.59. The predicted molar refractivity (Wildman–Crippen MR) is 67.8 cm³/mol. The maximum Gasteiger partial charge on any atom is 0.135 e. The van der Waals surface area contributed by atoms with E-state index in [0.29, 0.717) is 11.7 Å². The van der Waals surface area contributed by atoms with Gasteiger partial charge in [0.05, 0.1) is 5.39 Å². The third-order valence-electron chi connectivity index (χ3n) is 3.28. The highest BCUT2D eigenvalue weighted by Gasteiger charge is 2.21. The maximum atomic E-state index is 5.99. The average Bonchev–Trinajstić information content (AvgIpc) is 2.84. The molecule has 0 bridgehead atoms. The Morgan fingerprint density at radius 1 is 1.31 bits per heavy atom. The van der Waals surface area contributed by atoms with E-state index in [2.05, 4.69) is 23.0 Å². The molecule has 0 aromatic carbocycles. The minimum Gasteiger partial charge on any atom is -0.383 e. The Kier molecular flexibility index (Phi) is 2.32. The molecule has 3 rings (SSSR count). The molecule has 4 heteroatoms. The van der Waals surface area contributed by atoms with Crippen molar-refractivity contribution in [3.05, 3.63) is 16.8 Å². The van der Waals surface area contributed by atoms with Gasteiger partial charge in [0.1, 0.15) is 16.5 Å². The Hall–Kier alpha value is -1.16. The molecule has 1 aliphatic rings. The molecule has 0 aliphatic heterocycles. The fraction of sp³-hybridized carbons (Fsp3) is 0.500. The van der Waals surface area contributed by atoms with Crippen molar-refractivity contribution in [3.8, 4) is 0 Å². The molecule has 0 atom stereocenters. The van der Waals surface area contributed by atoms with Crippen molar-refractivity contribution in [2.75, 3.05) is 5.73 Å². The molecule has 2 heterocycles. The first-order chi connectivity index (χ1) is 7.74. The quantitative estimate of drug-likeness (QED) is 0.822. The zero-order valence-corrected chi connectivity index (χ0v) is 10.2. The molecule has 0 spiro atoms. The van der Waals surface area contributed by atoms with Crippen molar-refractivity contribution in [1.82, 2.24) is 9.97 Å². The van der Waals surface area contributed by atoms with E-state index in [4.69, 9.17) is 5.73 Å². The van der Waals surface area contributed by atoms with Crippen LogP contribution in [0.4, 0.5) is 5.82 Å². The van der Waals surface area contributed by atoms with E-state index < -0.39 is 0 Å². The van der Waals surface area contributed by atoms with Gasteiger partial charge in [-0.05, 0) is 25.8 Å². The van der Waals surface area contributed by atoms with Crippen LogP contribution in [0.2, 0.25) is 0 Å². The summed E-state index contributed by atoms with van der Waals surface area (Å²) in [5.41, 5.74) is 5.99. The van der Waals surface area contributed by atoms with Gasteiger partial charge in [-0.25, -0.2) is 9.97 Å². The summed E-state index contributed by atoms with van der Waals surface area (Å²) in [7, 11) is 0. The van der Waals surface area contributed by atoms with Gasteiger partial charge >= 0.3 is 0 Å². The molecule has 2 N–H and O–H groups in total. The van der Waals surface area contributed by atoms with Crippen molar-refractivity contribution in [1.29, 1.82) is 0 Å². The Morgan fingerprint density at radius 3 is 2.81 bits per heavy atom. The van der Waals surface area contributed by atoms with E-state index in [-0.39, 0.29) is 0 Å². The highest BCUT2D eigenvalue weighted by atomic mass is 32.1. The standard InChI is InChI=1S/C12H15N3S/c1-7-6-9-10(13)14-11(15-12(9)16-7)8-4-2-3-5-8/h6,8H,2-5H2,1H3,(H2,13,14,15). The van der Waals surface area contributed by atoms with Crippen LogP contribution >= 0.6 is 11.3 Å². The van der Waals surface area contributed by atoms with Gasteiger partial charge in [-0.1, -0.05) is 12.8 Å². The molecule has 1 saturated carbocycles. The van der Waals surface area contributed by atoms with Gasteiger partial charge in [0.2, 0.25) is 0 Å². The van der Waals surface area contributed by atoms with Crippen LogP contribution in [-0.2, 0) is 0 Å². The Morgan fingerprint density at radius 2 is 2.06 bits per heavy atom. The van der Waals surface area contributed by atoms with Crippen molar-refractivity contribution < 1.29 is 0 Å². The normalized spacial score (nSPS) is 17.3. The van der Waals surface area contributed by atoms with Crippen LogP contribution in [-0.4, -0.2) is 9.97 Å².